The zero-order valence-electron chi connectivity index (χ0n) is 9.27. The number of ether oxygens (including phenoxy) is 1. The van der Waals surface area contributed by atoms with Crippen LogP contribution in [-0.2, 0) is 0 Å². The van der Waals surface area contributed by atoms with Crippen molar-refractivity contribution in [3.8, 4) is 5.75 Å². The fourth-order valence-corrected chi connectivity index (χ4v) is 1.60. The van der Waals surface area contributed by atoms with Gasteiger partial charge >= 0.3 is 0 Å². The van der Waals surface area contributed by atoms with Gasteiger partial charge in [0.05, 0.1) is 12.7 Å². The SMILES string of the molecule is CC[C@@H](O)CCOc1ccc(SC)cc1. The van der Waals surface area contributed by atoms with Gasteiger partial charge < -0.3 is 9.84 Å². The maximum absolute atomic E-state index is 9.33. The van der Waals surface area contributed by atoms with Gasteiger partial charge in [0.1, 0.15) is 5.75 Å². The third-order valence-corrected chi connectivity index (χ3v) is 2.99. The molecule has 0 aliphatic rings. The van der Waals surface area contributed by atoms with Crippen molar-refractivity contribution in [2.45, 2.75) is 30.8 Å². The van der Waals surface area contributed by atoms with E-state index in [0.29, 0.717) is 13.0 Å². The molecule has 0 aliphatic heterocycles. The molecule has 1 rings (SSSR count). The molecular formula is C12H18O2S. The number of hydrogen-bond donors (Lipinski definition) is 1. The molecule has 0 spiro atoms. The normalized spacial score (nSPS) is 12.5. The Morgan fingerprint density at radius 3 is 2.53 bits per heavy atom. The van der Waals surface area contributed by atoms with Crippen molar-refractivity contribution in [2.24, 2.45) is 0 Å². The van der Waals surface area contributed by atoms with Crippen molar-refractivity contribution in [1.82, 2.24) is 0 Å². The van der Waals surface area contributed by atoms with Gasteiger partial charge in [-0.2, -0.15) is 0 Å². The van der Waals surface area contributed by atoms with Crippen molar-refractivity contribution in [1.29, 1.82) is 0 Å². The lowest BCUT2D eigenvalue weighted by molar-refractivity contribution is 0.135. The second-order valence-corrected chi connectivity index (χ2v) is 4.25. The molecule has 0 radical (unpaired) electrons. The highest BCUT2D eigenvalue weighted by Crippen LogP contribution is 2.19. The molecule has 0 heterocycles. The zero-order valence-corrected chi connectivity index (χ0v) is 10.1. The fraction of sp³-hybridized carbons (Fsp3) is 0.500. The van der Waals surface area contributed by atoms with E-state index in [1.807, 2.05) is 37.4 Å². The van der Waals surface area contributed by atoms with Crippen LogP contribution in [0.2, 0.25) is 0 Å². The average molecular weight is 226 g/mol. The minimum atomic E-state index is -0.240. The molecule has 84 valence electrons. The van der Waals surface area contributed by atoms with Gasteiger partial charge in [0, 0.05) is 11.3 Å². The summed E-state index contributed by atoms with van der Waals surface area (Å²) < 4.78 is 5.51. The quantitative estimate of drug-likeness (QED) is 0.756. The van der Waals surface area contributed by atoms with Gasteiger partial charge in [-0.15, -0.1) is 11.8 Å². The third-order valence-electron chi connectivity index (χ3n) is 2.25. The Bertz CT molecular complexity index is 271. The first-order valence-electron chi connectivity index (χ1n) is 5.21. The Morgan fingerprint density at radius 2 is 2.00 bits per heavy atom. The van der Waals surface area contributed by atoms with Gasteiger partial charge in [-0.1, -0.05) is 6.92 Å². The van der Waals surface area contributed by atoms with Gasteiger partial charge in [0.25, 0.3) is 0 Å². The molecule has 15 heavy (non-hydrogen) atoms. The van der Waals surface area contributed by atoms with E-state index in [1.165, 1.54) is 4.90 Å². The molecule has 1 atom stereocenters. The molecule has 0 fully saturated rings. The Kier molecular flexibility index (Phi) is 5.58. The Labute approximate surface area is 95.7 Å². The summed E-state index contributed by atoms with van der Waals surface area (Å²) >= 11 is 1.71. The van der Waals surface area contributed by atoms with E-state index in [-0.39, 0.29) is 6.10 Å². The highest BCUT2D eigenvalue weighted by Gasteiger charge is 2.00. The third kappa shape index (κ3) is 4.58. The first-order valence-corrected chi connectivity index (χ1v) is 6.43. The largest absolute Gasteiger partial charge is 0.493 e. The van der Waals surface area contributed by atoms with E-state index < -0.39 is 0 Å². The highest BCUT2D eigenvalue weighted by molar-refractivity contribution is 7.98. The maximum atomic E-state index is 9.33. The maximum Gasteiger partial charge on any atom is 0.119 e. The van der Waals surface area contributed by atoms with Crippen LogP contribution in [0.15, 0.2) is 29.2 Å². The Balaban J connectivity index is 2.31. The first kappa shape index (κ1) is 12.4. The predicted octanol–water partition coefficient (Wildman–Crippen LogP) is 2.95. The molecule has 0 amide bonds. The van der Waals surface area contributed by atoms with Crippen LogP contribution in [0.4, 0.5) is 0 Å². The topological polar surface area (TPSA) is 29.5 Å². The van der Waals surface area contributed by atoms with Gasteiger partial charge in [-0.25, -0.2) is 0 Å². The van der Waals surface area contributed by atoms with Crippen LogP contribution in [-0.4, -0.2) is 24.1 Å². The lowest BCUT2D eigenvalue weighted by Crippen LogP contribution is -2.10. The lowest BCUT2D eigenvalue weighted by Gasteiger charge is -2.09. The van der Waals surface area contributed by atoms with E-state index in [9.17, 15) is 5.11 Å². The number of aliphatic hydroxyl groups is 1. The lowest BCUT2D eigenvalue weighted by atomic mass is 10.2. The van der Waals surface area contributed by atoms with Crippen LogP contribution in [0.1, 0.15) is 19.8 Å². The van der Waals surface area contributed by atoms with Crippen molar-refractivity contribution < 1.29 is 9.84 Å². The van der Waals surface area contributed by atoms with Crippen LogP contribution in [0, 0.1) is 0 Å². The standard InChI is InChI=1S/C12H18O2S/c1-3-10(13)8-9-14-11-4-6-12(15-2)7-5-11/h4-7,10,13H,3,8-9H2,1-2H3/t10-/m1/s1. The average Bonchev–Trinajstić information content (AvgIpc) is 2.29. The van der Waals surface area contributed by atoms with E-state index >= 15 is 0 Å². The Hall–Kier alpha value is -0.670. The van der Waals surface area contributed by atoms with Crippen LogP contribution in [0.25, 0.3) is 0 Å². The van der Waals surface area contributed by atoms with Gasteiger partial charge in [0.15, 0.2) is 0 Å². The van der Waals surface area contributed by atoms with E-state index in [2.05, 4.69) is 0 Å². The van der Waals surface area contributed by atoms with Crippen molar-refractivity contribution >= 4 is 11.8 Å². The van der Waals surface area contributed by atoms with Gasteiger partial charge in [-0.3, -0.25) is 0 Å². The smallest absolute Gasteiger partial charge is 0.119 e. The molecule has 0 aliphatic carbocycles. The van der Waals surface area contributed by atoms with Gasteiger partial charge in [0.2, 0.25) is 0 Å². The molecule has 1 aromatic carbocycles. The van der Waals surface area contributed by atoms with Crippen LogP contribution < -0.4 is 4.74 Å². The predicted molar refractivity (Wildman–Crippen MR) is 64.6 cm³/mol. The zero-order chi connectivity index (χ0) is 11.1. The molecule has 0 saturated carbocycles. The van der Waals surface area contributed by atoms with E-state index in [0.717, 1.165) is 12.2 Å². The summed E-state index contributed by atoms with van der Waals surface area (Å²) in [4.78, 5) is 1.23. The molecule has 3 heteroatoms. The summed E-state index contributed by atoms with van der Waals surface area (Å²) in [5.41, 5.74) is 0. The summed E-state index contributed by atoms with van der Waals surface area (Å²) in [6.07, 6.45) is 3.29. The molecule has 0 aromatic heterocycles. The first-order chi connectivity index (χ1) is 7.26. The number of aliphatic hydroxyl groups excluding tert-OH is 1. The van der Waals surface area contributed by atoms with E-state index in [1.54, 1.807) is 11.8 Å². The van der Waals surface area contributed by atoms with Crippen molar-refractivity contribution in [2.75, 3.05) is 12.9 Å². The van der Waals surface area contributed by atoms with E-state index in [4.69, 9.17) is 4.74 Å². The van der Waals surface area contributed by atoms with Crippen molar-refractivity contribution in [3.63, 3.8) is 0 Å². The van der Waals surface area contributed by atoms with Crippen LogP contribution >= 0.6 is 11.8 Å². The molecule has 1 aromatic rings. The van der Waals surface area contributed by atoms with Crippen LogP contribution in [0.5, 0.6) is 5.75 Å². The summed E-state index contributed by atoms with van der Waals surface area (Å²) in [5, 5.41) is 9.33. The number of rotatable bonds is 6. The minimum absolute atomic E-state index is 0.240. The summed E-state index contributed by atoms with van der Waals surface area (Å²) in [5.74, 6) is 0.871. The number of benzene rings is 1. The monoisotopic (exact) mass is 226 g/mol. The molecule has 0 saturated heterocycles. The molecular weight excluding hydrogens is 208 g/mol. The van der Waals surface area contributed by atoms with Gasteiger partial charge in [-0.05, 0) is 36.9 Å². The summed E-state index contributed by atoms with van der Waals surface area (Å²) in [6.45, 7) is 2.55. The molecule has 0 unspecified atom stereocenters. The number of hydrogen-bond acceptors (Lipinski definition) is 3. The van der Waals surface area contributed by atoms with Crippen LogP contribution in [0.3, 0.4) is 0 Å². The minimum Gasteiger partial charge on any atom is -0.493 e. The molecule has 1 N–H and O–H groups in total. The number of thioether (sulfide) groups is 1. The highest BCUT2D eigenvalue weighted by atomic mass is 32.2. The molecule has 0 bridgehead atoms. The summed E-state index contributed by atoms with van der Waals surface area (Å²) in [7, 11) is 0. The van der Waals surface area contributed by atoms with Crippen molar-refractivity contribution in [3.05, 3.63) is 24.3 Å². The second kappa shape index (κ2) is 6.75. The fourth-order valence-electron chi connectivity index (χ4n) is 1.19. The summed E-state index contributed by atoms with van der Waals surface area (Å²) in [6, 6.07) is 8.00. The molecule has 2 nitrogen and oxygen atoms in total. The second-order valence-electron chi connectivity index (χ2n) is 3.37. The Morgan fingerprint density at radius 1 is 1.33 bits per heavy atom.